The summed E-state index contributed by atoms with van der Waals surface area (Å²) in [5.74, 6) is 1.33. The summed E-state index contributed by atoms with van der Waals surface area (Å²) in [4.78, 5) is 18.3. The van der Waals surface area contributed by atoms with E-state index in [1.165, 1.54) is 0 Å². The molecular weight excluding hydrogens is 475 g/mol. The topological polar surface area (TPSA) is 125 Å². The normalized spacial score (nSPS) is 14.6. The molecule has 0 radical (unpaired) electrons. The summed E-state index contributed by atoms with van der Waals surface area (Å²) in [5.41, 5.74) is 1.54. The Morgan fingerprint density at radius 1 is 1.14 bits per heavy atom. The third-order valence-electron chi connectivity index (χ3n) is 6.33. The van der Waals surface area contributed by atoms with Crippen LogP contribution in [0.5, 0.6) is 11.8 Å². The molecule has 37 heavy (non-hydrogen) atoms. The molecule has 0 spiro atoms. The van der Waals surface area contributed by atoms with Gasteiger partial charge in [0.1, 0.15) is 24.3 Å². The van der Waals surface area contributed by atoms with E-state index in [0.717, 1.165) is 31.6 Å². The molecule has 1 fully saturated rings. The van der Waals surface area contributed by atoms with E-state index in [9.17, 15) is 0 Å². The molecule has 12 heteroatoms. The second kappa shape index (κ2) is 9.72. The van der Waals surface area contributed by atoms with Gasteiger partial charge in [0.2, 0.25) is 0 Å². The number of allylic oxidation sites excluding steroid dienone is 1. The highest BCUT2D eigenvalue weighted by molar-refractivity contribution is 5.81. The summed E-state index contributed by atoms with van der Waals surface area (Å²) in [6.45, 7) is 3.46. The number of aromatic nitrogens is 8. The fraction of sp³-hybridized carbons (Fsp3) is 0.240. The van der Waals surface area contributed by atoms with E-state index in [-0.39, 0.29) is 17.8 Å². The highest BCUT2D eigenvalue weighted by Gasteiger charge is 2.23. The number of nitrogens with zero attached hydrogens (tertiary/aromatic N) is 7. The van der Waals surface area contributed by atoms with Gasteiger partial charge in [0.15, 0.2) is 17.4 Å². The Kier molecular flexibility index (Phi) is 5.97. The minimum absolute atomic E-state index is 0.0383. The number of aromatic amines is 2. The highest BCUT2D eigenvalue weighted by Crippen LogP contribution is 2.32. The van der Waals surface area contributed by atoms with Crippen molar-refractivity contribution in [3.8, 4) is 11.8 Å². The number of fused-ring (bicyclic) bond motifs is 1. The lowest BCUT2D eigenvalue weighted by atomic mass is 10.1. The summed E-state index contributed by atoms with van der Waals surface area (Å²) >= 11 is 0. The van der Waals surface area contributed by atoms with Crippen molar-refractivity contribution in [3.63, 3.8) is 0 Å². The van der Waals surface area contributed by atoms with E-state index in [1.54, 1.807) is 37.1 Å². The van der Waals surface area contributed by atoms with Crippen LogP contribution in [0.25, 0.3) is 17.0 Å². The summed E-state index contributed by atoms with van der Waals surface area (Å²) in [5, 5.41) is 15.2. The highest BCUT2D eigenvalue weighted by atomic mass is 19.1. The van der Waals surface area contributed by atoms with Crippen molar-refractivity contribution < 1.29 is 9.13 Å². The quantitative estimate of drug-likeness (QED) is 0.290. The predicted octanol–water partition coefficient (Wildman–Crippen LogP) is 4.82. The second-order valence-corrected chi connectivity index (χ2v) is 8.74. The summed E-state index contributed by atoms with van der Waals surface area (Å²) in [6, 6.07) is 9.03. The lowest BCUT2D eigenvalue weighted by molar-refractivity contribution is 0.363. The van der Waals surface area contributed by atoms with Crippen molar-refractivity contribution in [2.24, 2.45) is 0 Å². The number of benzene rings is 1. The average molecular weight is 501 g/mol. The van der Waals surface area contributed by atoms with E-state index < -0.39 is 5.82 Å². The largest absolute Gasteiger partial charge is 0.421 e. The minimum atomic E-state index is -0.473. The Morgan fingerprint density at radius 3 is 2.84 bits per heavy atom. The molecule has 0 amide bonds. The number of H-pyrrole nitrogens is 2. The molecular formula is C25H25FN10O. The van der Waals surface area contributed by atoms with Crippen LogP contribution >= 0.6 is 0 Å². The lowest BCUT2D eigenvalue weighted by Crippen LogP contribution is -2.35. The predicted molar refractivity (Wildman–Crippen MR) is 137 cm³/mol. The maximum atomic E-state index is 15.1. The molecule has 4 aromatic heterocycles. The Morgan fingerprint density at radius 2 is 2.03 bits per heavy atom. The molecule has 0 saturated carbocycles. The molecule has 5 heterocycles. The van der Waals surface area contributed by atoms with Crippen molar-refractivity contribution in [2.75, 3.05) is 23.3 Å². The maximum Gasteiger partial charge on any atom is 0.326 e. The fourth-order valence-corrected chi connectivity index (χ4v) is 4.50. The Bertz CT molecular complexity index is 1530. The Labute approximate surface area is 211 Å². The molecule has 3 N–H and O–H groups in total. The van der Waals surface area contributed by atoms with Gasteiger partial charge in [-0.05, 0) is 44.0 Å². The first-order valence-electron chi connectivity index (χ1n) is 12.0. The van der Waals surface area contributed by atoms with Crippen LogP contribution in [0.3, 0.4) is 0 Å². The third kappa shape index (κ3) is 4.73. The maximum absolute atomic E-state index is 15.1. The number of halogens is 1. The van der Waals surface area contributed by atoms with Gasteiger partial charge in [0.25, 0.3) is 0 Å². The van der Waals surface area contributed by atoms with Gasteiger partial charge in [0.05, 0.1) is 11.7 Å². The van der Waals surface area contributed by atoms with Crippen molar-refractivity contribution >= 4 is 34.4 Å². The standard InChI is InChI=1S/C25H25FN10O/c1-2-3-16-12-22(34-33-16)30-21-13-23(35-10-7-17(8-11-35)36-15-27-14-29-36)32-25(31-21)37-20-5-4-19-18(24(20)26)6-9-28-19/h2-6,9,12-15,17,28H,7-8,10-11H2,1H3,(H2,30,31,32,33,34)/b3-2+. The summed E-state index contributed by atoms with van der Waals surface area (Å²) in [7, 11) is 0. The van der Waals surface area contributed by atoms with Crippen molar-refractivity contribution in [2.45, 2.75) is 25.8 Å². The van der Waals surface area contributed by atoms with Gasteiger partial charge in [-0.1, -0.05) is 6.08 Å². The summed E-state index contributed by atoms with van der Waals surface area (Å²) < 4.78 is 22.9. The summed E-state index contributed by atoms with van der Waals surface area (Å²) in [6.07, 6.45) is 10.6. The van der Waals surface area contributed by atoms with Gasteiger partial charge >= 0.3 is 6.01 Å². The second-order valence-electron chi connectivity index (χ2n) is 8.74. The monoisotopic (exact) mass is 500 g/mol. The van der Waals surface area contributed by atoms with Gasteiger partial charge in [-0.25, -0.2) is 14.1 Å². The zero-order valence-corrected chi connectivity index (χ0v) is 20.1. The fourth-order valence-electron chi connectivity index (χ4n) is 4.50. The molecule has 0 unspecified atom stereocenters. The van der Waals surface area contributed by atoms with E-state index in [0.29, 0.717) is 28.4 Å². The molecule has 11 nitrogen and oxygen atoms in total. The van der Waals surface area contributed by atoms with E-state index in [4.69, 9.17) is 4.74 Å². The number of hydrogen-bond donors (Lipinski definition) is 3. The Balaban J connectivity index is 1.29. The molecule has 1 saturated heterocycles. The van der Waals surface area contributed by atoms with Crippen LogP contribution in [0.4, 0.5) is 21.8 Å². The molecule has 1 aliphatic rings. The van der Waals surface area contributed by atoms with Crippen molar-refractivity contribution in [3.05, 3.63) is 66.8 Å². The number of rotatable bonds is 7. The van der Waals surface area contributed by atoms with Gasteiger partial charge < -0.3 is 19.9 Å². The number of ether oxygens (including phenoxy) is 1. The zero-order chi connectivity index (χ0) is 25.2. The van der Waals surface area contributed by atoms with Crippen LogP contribution < -0.4 is 15.0 Å². The zero-order valence-electron chi connectivity index (χ0n) is 20.1. The minimum Gasteiger partial charge on any atom is -0.421 e. The van der Waals surface area contributed by atoms with Gasteiger partial charge in [-0.15, -0.1) is 0 Å². The van der Waals surface area contributed by atoms with Gasteiger partial charge in [-0.3, -0.25) is 5.10 Å². The number of hydrogen-bond acceptors (Lipinski definition) is 8. The molecule has 6 rings (SSSR count). The SMILES string of the molecule is C/C=C/c1cc(Nc2cc(N3CCC(n4cncn4)CC3)nc(Oc3ccc4[nH]ccc4c3F)n2)n[nH]1. The van der Waals surface area contributed by atoms with Gasteiger partial charge in [-0.2, -0.15) is 20.2 Å². The van der Waals surface area contributed by atoms with E-state index >= 15 is 4.39 Å². The van der Waals surface area contributed by atoms with Crippen molar-refractivity contribution in [1.82, 2.24) is 39.9 Å². The van der Waals surface area contributed by atoms with Crippen LogP contribution in [-0.4, -0.2) is 53.0 Å². The number of anilines is 3. The lowest BCUT2D eigenvalue weighted by Gasteiger charge is -2.32. The van der Waals surface area contributed by atoms with Crippen LogP contribution in [0.15, 0.2) is 55.3 Å². The molecule has 0 aliphatic carbocycles. The molecule has 0 atom stereocenters. The molecule has 1 aromatic carbocycles. The average Bonchev–Trinajstić information content (AvgIpc) is 3.69. The van der Waals surface area contributed by atoms with Gasteiger partial charge in [0, 0.05) is 42.3 Å². The third-order valence-corrected chi connectivity index (χ3v) is 6.33. The number of nitrogens with one attached hydrogen (secondary N) is 3. The van der Waals surface area contributed by atoms with Crippen LogP contribution in [0.1, 0.15) is 31.5 Å². The van der Waals surface area contributed by atoms with E-state index in [2.05, 4.69) is 45.4 Å². The first-order valence-corrected chi connectivity index (χ1v) is 12.0. The molecule has 5 aromatic rings. The molecule has 0 bridgehead atoms. The Hall–Kier alpha value is -4.74. The van der Waals surface area contributed by atoms with Crippen molar-refractivity contribution in [1.29, 1.82) is 0 Å². The number of piperidine rings is 1. The van der Waals surface area contributed by atoms with Crippen LogP contribution in [0.2, 0.25) is 0 Å². The molecule has 1 aliphatic heterocycles. The van der Waals surface area contributed by atoms with Crippen LogP contribution in [-0.2, 0) is 0 Å². The van der Waals surface area contributed by atoms with Crippen LogP contribution in [0, 0.1) is 5.82 Å². The molecule has 188 valence electrons. The smallest absolute Gasteiger partial charge is 0.326 e. The van der Waals surface area contributed by atoms with E-state index in [1.807, 2.05) is 35.9 Å². The first-order chi connectivity index (χ1) is 18.2. The first kappa shape index (κ1) is 22.7.